The van der Waals surface area contributed by atoms with Crippen LogP contribution in [0.2, 0.25) is 0 Å². The van der Waals surface area contributed by atoms with Gasteiger partial charge in [0.25, 0.3) is 0 Å². The molecule has 2 atom stereocenters. The number of rotatable bonds is 4. The van der Waals surface area contributed by atoms with Gasteiger partial charge in [-0.3, -0.25) is 10.1 Å². The second-order valence-corrected chi connectivity index (χ2v) is 6.19. The van der Waals surface area contributed by atoms with Crippen LogP contribution < -0.4 is 5.32 Å². The van der Waals surface area contributed by atoms with Crippen LogP contribution in [-0.2, 0) is 11.3 Å². The Hall–Kier alpha value is -2.45. The predicted molar refractivity (Wildman–Crippen MR) is 92.2 cm³/mol. The second kappa shape index (κ2) is 6.21. The first-order valence-corrected chi connectivity index (χ1v) is 8.14. The summed E-state index contributed by atoms with van der Waals surface area (Å²) in [6.45, 7) is 0.826. The van der Waals surface area contributed by atoms with Gasteiger partial charge in [-0.15, -0.1) is 0 Å². The number of hydrogen-bond donors (Lipinski definition) is 3. The number of thiol groups is 1. The molecular formula is C16H16N6OS. The SMILES string of the molecule is O=C1CNC(C(S)c2ncnc3[nH]cnc23)N1Cc1ccccc1. The average Bonchev–Trinajstić information content (AvgIpc) is 3.22. The van der Waals surface area contributed by atoms with Crippen molar-refractivity contribution >= 4 is 29.7 Å². The van der Waals surface area contributed by atoms with Crippen molar-refractivity contribution < 1.29 is 4.79 Å². The number of nitrogens with zero attached hydrogens (tertiary/aromatic N) is 4. The second-order valence-electron chi connectivity index (χ2n) is 5.64. The molecule has 0 saturated carbocycles. The van der Waals surface area contributed by atoms with Gasteiger partial charge in [0.1, 0.15) is 18.0 Å². The summed E-state index contributed by atoms with van der Waals surface area (Å²) in [5.74, 6) is 0.0511. The number of amides is 1. The third-order valence-corrected chi connectivity index (χ3v) is 4.67. The molecule has 3 heterocycles. The highest BCUT2D eigenvalue weighted by molar-refractivity contribution is 7.80. The fourth-order valence-electron chi connectivity index (χ4n) is 2.96. The fourth-order valence-corrected chi connectivity index (χ4v) is 3.41. The van der Waals surface area contributed by atoms with Gasteiger partial charge in [0, 0.05) is 6.54 Å². The number of benzene rings is 1. The van der Waals surface area contributed by atoms with E-state index in [2.05, 4.69) is 25.3 Å². The van der Waals surface area contributed by atoms with E-state index in [1.807, 2.05) is 30.3 Å². The Morgan fingerprint density at radius 2 is 2.08 bits per heavy atom. The normalized spacial score (nSPS) is 19.1. The minimum absolute atomic E-state index is 0.0511. The molecule has 0 radical (unpaired) electrons. The summed E-state index contributed by atoms with van der Waals surface area (Å²) in [7, 11) is 0. The Bertz CT molecular complexity index is 867. The first-order valence-electron chi connectivity index (χ1n) is 7.63. The minimum Gasteiger partial charge on any atom is -0.329 e. The van der Waals surface area contributed by atoms with E-state index in [-0.39, 0.29) is 17.3 Å². The van der Waals surface area contributed by atoms with Crippen LogP contribution in [0, 0.1) is 0 Å². The Kier molecular flexibility index (Phi) is 3.91. The number of imidazole rings is 1. The summed E-state index contributed by atoms with van der Waals surface area (Å²) in [4.78, 5) is 29.8. The molecular weight excluding hydrogens is 324 g/mol. The largest absolute Gasteiger partial charge is 0.329 e. The van der Waals surface area contributed by atoms with E-state index in [1.54, 1.807) is 11.2 Å². The number of carbonyl (C=O) groups excluding carboxylic acids is 1. The van der Waals surface area contributed by atoms with E-state index in [0.29, 0.717) is 29.9 Å². The standard InChI is InChI=1S/C16H16N6OS/c23-11-6-17-16(22(11)7-10-4-2-1-3-5-10)14(24)12-13-15(20-8-18-12)21-9-19-13/h1-5,8-9,14,16-17,24H,6-7H2,(H,18,19,20,21). The van der Waals surface area contributed by atoms with Crippen molar-refractivity contribution in [3.63, 3.8) is 0 Å². The van der Waals surface area contributed by atoms with Gasteiger partial charge in [0.2, 0.25) is 5.91 Å². The van der Waals surface area contributed by atoms with E-state index < -0.39 is 0 Å². The minimum atomic E-state index is -0.311. The number of hydrogen-bond acceptors (Lipinski definition) is 6. The lowest BCUT2D eigenvalue weighted by molar-refractivity contribution is -0.128. The number of carbonyl (C=O) groups is 1. The Balaban J connectivity index is 1.64. The monoisotopic (exact) mass is 340 g/mol. The van der Waals surface area contributed by atoms with Crippen molar-refractivity contribution in [1.82, 2.24) is 30.2 Å². The maximum atomic E-state index is 12.3. The van der Waals surface area contributed by atoms with Gasteiger partial charge >= 0.3 is 0 Å². The first kappa shape index (κ1) is 15.1. The molecule has 0 bridgehead atoms. The first-order chi connectivity index (χ1) is 11.7. The average molecular weight is 340 g/mol. The molecule has 1 amide bonds. The highest BCUT2D eigenvalue weighted by atomic mass is 32.1. The van der Waals surface area contributed by atoms with Crippen molar-refractivity contribution in [2.75, 3.05) is 6.54 Å². The summed E-state index contributed by atoms with van der Waals surface area (Å²) in [5, 5.41) is 2.92. The molecule has 2 aromatic heterocycles. The van der Waals surface area contributed by atoms with Crippen LogP contribution in [0.5, 0.6) is 0 Å². The van der Waals surface area contributed by atoms with Crippen LogP contribution in [0.3, 0.4) is 0 Å². The number of H-pyrrole nitrogens is 1. The Morgan fingerprint density at radius 3 is 2.92 bits per heavy atom. The summed E-state index contributed by atoms with van der Waals surface area (Å²) >= 11 is 4.73. The molecule has 24 heavy (non-hydrogen) atoms. The highest BCUT2D eigenvalue weighted by Gasteiger charge is 2.36. The third kappa shape index (κ3) is 2.63. The highest BCUT2D eigenvalue weighted by Crippen LogP contribution is 2.30. The van der Waals surface area contributed by atoms with Gasteiger partial charge < -0.3 is 9.88 Å². The lowest BCUT2D eigenvalue weighted by atomic mass is 10.1. The van der Waals surface area contributed by atoms with Crippen LogP contribution in [0.25, 0.3) is 11.2 Å². The molecule has 0 spiro atoms. The zero-order valence-corrected chi connectivity index (χ0v) is 13.6. The number of nitrogens with one attached hydrogen (secondary N) is 2. The summed E-state index contributed by atoms with van der Waals surface area (Å²) in [6.07, 6.45) is 2.81. The van der Waals surface area contributed by atoms with Crippen LogP contribution in [0.15, 0.2) is 43.0 Å². The predicted octanol–water partition coefficient (Wildman–Crippen LogP) is 1.28. The summed E-state index contributed by atoms with van der Waals surface area (Å²) < 4.78 is 0. The van der Waals surface area contributed by atoms with Crippen LogP contribution in [0.4, 0.5) is 0 Å². The van der Waals surface area contributed by atoms with E-state index in [1.165, 1.54) is 6.33 Å². The molecule has 4 rings (SSSR count). The zero-order chi connectivity index (χ0) is 16.5. The molecule has 2 N–H and O–H groups in total. The van der Waals surface area contributed by atoms with Gasteiger partial charge in [0.05, 0.1) is 23.8 Å². The molecule has 8 heteroatoms. The lowest BCUT2D eigenvalue weighted by Crippen LogP contribution is -2.40. The van der Waals surface area contributed by atoms with E-state index in [4.69, 9.17) is 12.6 Å². The van der Waals surface area contributed by atoms with Crippen LogP contribution >= 0.6 is 12.6 Å². The summed E-state index contributed by atoms with van der Waals surface area (Å²) in [6, 6.07) is 9.91. The molecule has 2 unspecified atom stereocenters. The van der Waals surface area contributed by atoms with Crippen molar-refractivity contribution in [3.8, 4) is 0 Å². The quantitative estimate of drug-likeness (QED) is 0.623. The number of aromatic nitrogens is 4. The number of aromatic amines is 1. The third-order valence-electron chi connectivity index (χ3n) is 4.14. The molecule has 3 aromatic rings. The number of fused-ring (bicyclic) bond motifs is 1. The van der Waals surface area contributed by atoms with Crippen molar-refractivity contribution in [3.05, 3.63) is 54.2 Å². The van der Waals surface area contributed by atoms with Gasteiger partial charge in [-0.05, 0) is 5.56 Å². The maximum absolute atomic E-state index is 12.3. The molecule has 1 aliphatic heterocycles. The van der Waals surface area contributed by atoms with Crippen LogP contribution in [0.1, 0.15) is 16.5 Å². The van der Waals surface area contributed by atoms with E-state index >= 15 is 0 Å². The topological polar surface area (TPSA) is 86.8 Å². The molecule has 7 nitrogen and oxygen atoms in total. The van der Waals surface area contributed by atoms with Gasteiger partial charge in [0.15, 0.2) is 5.65 Å². The lowest BCUT2D eigenvalue weighted by Gasteiger charge is -2.28. The molecule has 1 fully saturated rings. The van der Waals surface area contributed by atoms with Crippen molar-refractivity contribution in [2.45, 2.75) is 18.0 Å². The van der Waals surface area contributed by atoms with Gasteiger partial charge in [-0.1, -0.05) is 30.3 Å². The molecule has 122 valence electrons. The van der Waals surface area contributed by atoms with Crippen molar-refractivity contribution in [1.29, 1.82) is 0 Å². The zero-order valence-electron chi connectivity index (χ0n) is 12.8. The van der Waals surface area contributed by atoms with Crippen LogP contribution in [-0.4, -0.2) is 43.5 Å². The molecule has 1 aromatic carbocycles. The smallest absolute Gasteiger partial charge is 0.238 e. The Morgan fingerprint density at radius 1 is 1.25 bits per heavy atom. The summed E-state index contributed by atoms with van der Waals surface area (Å²) in [5.41, 5.74) is 3.12. The van der Waals surface area contributed by atoms with Gasteiger partial charge in [-0.2, -0.15) is 12.6 Å². The van der Waals surface area contributed by atoms with Gasteiger partial charge in [-0.25, -0.2) is 15.0 Å². The molecule has 0 aliphatic carbocycles. The van der Waals surface area contributed by atoms with E-state index in [0.717, 1.165) is 5.56 Å². The molecule has 1 saturated heterocycles. The fraction of sp³-hybridized carbons (Fsp3) is 0.250. The van der Waals surface area contributed by atoms with E-state index in [9.17, 15) is 4.79 Å². The molecule has 1 aliphatic rings. The van der Waals surface area contributed by atoms with Crippen molar-refractivity contribution in [2.24, 2.45) is 0 Å². The Labute approximate surface area is 143 Å². The maximum Gasteiger partial charge on any atom is 0.238 e.